The minimum absolute atomic E-state index is 0.0632. The number of hydrogen-bond acceptors (Lipinski definition) is 5. The molecule has 1 amide bonds. The maximum Gasteiger partial charge on any atom is 0.266 e. The minimum atomic E-state index is 0.0632. The molecule has 0 N–H and O–H groups in total. The van der Waals surface area contributed by atoms with Crippen LogP contribution in [0.5, 0.6) is 0 Å². The average Bonchev–Trinajstić information content (AvgIpc) is 3.10. The van der Waals surface area contributed by atoms with Crippen molar-refractivity contribution in [3.8, 4) is 0 Å². The van der Waals surface area contributed by atoms with Crippen LogP contribution in [0, 0.1) is 5.41 Å². The Bertz CT molecular complexity index is 958. The summed E-state index contributed by atoms with van der Waals surface area (Å²) in [4.78, 5) is 18.9. The molecule has 1 aliphatic carbocycles. The highest BCUT2D eigenvalue weighted by Crippen LogP contribution is 2.48. The van der Waals surface area contributed by atoms with Gasteiger partial charge in [-0.3, -0.25) is 9.69 Å². The van der Waals surface area contributed by atoms with E-state index in [1.807, 2.05) is 6.92 Å². The Labute approximate surface area is 180 Å². The lowest BCUT2D eigenvalue weighted by Gasteiger charge is -2.31. The quantitative estimate of drug-likeness (QED) is 0.428. The normalized spacial score (nSPS) is 25.6. The van der Waals surface area contributed by atoms with Crippen LogP contribution in [0.15, 0.2) is 62.4 Å². The van der Waals surface area contributed by atoms with Gasteiger partial charge >= 0.3 is 0 Å². The summed E-state index contributed by atoms with van der Waals surface area (Å²) in [6.45, 7) is 7.16. The lowest BCUT2D eigenvalue weighted by Crippen LogP contribution is -2.28. The van der Waals surface area contributed by atoms with Crippen LogP contribution in [0.2, 0.25) is 0 Å². The zero-order chi connectivity index (χ0) is 20.1. The number of nitrogens with zero attached hydrogens (tertiary/aromatic N) is 2. The highest BCUT2D eigenvalue weighted by molar-refractivity contribution is 8.26. The summed E-state index contributed by atoms with van der Waals surface area (Å²) in [5.41, 5.74) is 3.76. The van der Waals surface area contributed by atoms with Gasteiger partial charge in [-0.15, -0.1) is 0 Å². The molecule has 1 fully saturated rings. The summed E-state index contributed by atoms with van der Waals surface area (Å²) in [6.07, 6.45) is 6.40. The number of allylic oxidation sites excluding steroid dienone is 4. The Morgan fingerprint density at radius 1 is 1.21 bits per heavy atom. The van der Waals surface area contributed by atoms with Crippen molar-refractivity contribution in [3.63, 3.8) is 0 Å². The van der Waals surface area contributed by atoms with Gasteiger partial charge in [0.1, 0.15) is 4.32 Å². The molecule has 0 saturated carbocycles. The van der Waals surface area contributed by atoms with Crippen LogP contribution in [0.25, 0.3) is 0 Å². The highest BCUT2D eigenvalue weighted by Gasteiger charge is 2.36. The van der Waals surface area contributed by atoms with Crippen LogP contribution in [0.4, 0.5) is 5.69 Å². The van der Waals surface area contributed by atoms with Crippen LogP contribution >= 0.6 is 35.7 Å². The molecule has 1 saturated heterocycles. The van der Waals surface area contributed by atoms with E-state index in [0.717, 1.165) is 23.3 Å². The molecule has 0 spiro atoms. The van der Waals surface area contributed by atoms with Gasteiger partial charge in [0.2, 0.25) is 0 Å². The van der Waals surface area contributed by atoms with E-state index in [2.05, 4.69) is 62.2 Å². The number of para-hydroxylation sites is 1. The third-order valence-electron chi connectivity index (χ3n) is 5.25. The number of thioether (sulfide) groups is 2. The minimum Gasteiger partial charge on any atom is -0.338 e. The Hall–Kier alpha value is -1.50. The van der Waals surface area contributed by atoms with Gasteiger partial charge in [-0.05, 0) is 54.5 Å². The Kier molecular flexibility index (Phi) is 5.23. The van der Waals surface area contributed by atoms with E-state index in [4.69, 9.17) is 12.2 Å². The van der Waals surface area contributed by atoms with E-state index in [0.29, 0.717) is 10.9 Å². The molecule has 28 heavy (non-hydrogen) atoms. The van der Waals surface area contributed by atoms with Crippen molar-refractivity contribution in [2.45, 2.75) is 38.5 Å². The van der Waals surface area contributed by atoms with E-state index in [9.17, 15) is 4.79 Å². The van der Waals surface area contributed by atoms with Gasteiger partial charge in [0, 0.05) is 18.5 Å². The first kappa shape index (κ1) is 19.8. The first-order valence-corrected chi connectivity index (χ1v) is 11.5. The fraction of sp³-hybridized carbons (Fsp3) is 0.364. The van der Waals surface area contributed by atoms with Crippen LogP contribution in [-0.2, 0) is 4.79 Å². The smallest absolute Gasteiger partial charge is 0.266 e. The summed E-state index contributed by atoms with van der Waals surface area (Å²) in [5, 5.41) is 1.23. The maximum absolute atomic E-state index is 12.8. The highest BCUT2D eigenvalue weighted by atomic mass is 32.2. The monoisotopic (exact) mass is 428 g/mol. The SMILES string of the molecule is CCN1C(=O)/C(=C2C=C(/C=C3\Sc4ccccc4N3C)CC(C)(C)C/2)SC1=S. The number of carbonyl (C=O) groups is 1. The van der Waals surface area contributed by atoms with E-state index >= 15 is 0 Å². The first-order chi connectivity index (χ1) is 13.3. The van der Waals surface area contributed by atoms with E-state index in [1.165, 1.54) is 32.9 Å². The van der Waals surface area contributed by atoms with Crippen molar-refractivity contribution in [3.05, 3.63) is 57.5 Å². The lowest BCUT2D eigenvalue weighted by molar-refractivity contribution is -0.122. The molecular weight excluding hydrogens is 404 g/mol. The second-order valence-corrected chi connectivity index (χ2v) is 10.8. The molecule has 0 unspecified atom stereocenters. The lowest BCUT2D eigenvalue weighted by atomic mass is 9.75. The van der Waals surface area contributed by atoms with Crippen LogP contribution in [0.1, 0.15) is 33.6 Å². The fourth-order valence-electron chi connectivity index (χ4n) is 3.97. The summed E-state index contributed by atoms with van der Waals surface area (Å²) in [6, 6.07) is 8.48. The molecule has 3 nitrogen and oxygen atoms in total. The molecule has 3 aliphatic rings. The number of thiocarbonyl (C=S) groups is 1. The van der Waals surface area contributed by atoms with Gasteiger partial charge < -0.3 is 4.90 Å². The van der Waals surface area contributed by atoms with Gasteiger partial charge in [0.25, 0.3) is 5.91 Å². The third-order valence-corrected chi connectivity index (χ3v) is 7.92. The van der Waals surface area contributed by atoms with Gasteiger partial charge in [-0.25, -0.2) is 0 Å². The van der Waals surface area contributed by atoms with E-state index in [1.54, 1.807) is 16.7 Å². The molecule has 1 aromatic rings. The topological polar surface area (TPSA) is 23.6 Å². The zero-order valence-electron chi connectivity index (χ0n) is 16.6. The largest absolute Gasteiger partial charge is 0.338 e. The van der Waals surface area contributed by atoms with E-state index < -0.39 is 0 Å². The van der Waals surface area contributed by atoms with Gasteiger partial charge in [0.05, 0.1) is 15.6 Å². The second-order valence-electron chi connectivity index (χ2n) is 8.12. The number of rotatable bonds is 2. The summed E-state index contributed by atoms with van der Waals surface area (Å²) >= 11 is 8.67. The number of likely N-dealkylation sites (N-methyl/N-ethyl adjacent to an activating group) is 1. The molecule has 146 valence electrons. The molecule has 6 heteroatoms. The maximum atomic E-state index is 12.8. The van der Waals surface area contributed by atoms with Crippen LogP contribution in [-0.4, -0.2) is 28.7 Å². The van der Waals surface area contributed by atoms with Gasteiger partial charge in [-0.1, -0.05) is 67.8 Å². The number of amides is 1. The van der Waals surface area contributed by atoms with Crippen molar-refractivity contribution in [2.24, 2.45) is 5.41 Å². The second kappa shape index (κ2) is 7.39. The molecule has 0 radical (unpaired) electrons. The fourth-order valence-corrected chi connectivity index (χ4v) is 6.51. The molecule has 0 atom stereocenters. The third kappa shape index (κ3) is 3.58. The predicted octanol–water partition coefficient (Wildman–Crippen LogP) is 5.95. The summed E-state index contributed by atoms with van der Waals surface area (Å²) in [7, 11) is 2.12. The standard InChI is InChI=1S/C22H24N2OS3/c1-5-24-20(25)19(28-21(24)26)15-10-14(12-22(2,3)13-15)11-18-23(4)16-8-6-7-9-17(16)27-18/h6-11H,5,12-13H2,1-4H3/b18-11-,19-15+. The molecular formula is C22H24N2OS3. The molecule has 2 aliphatic heterocycles. The zero-order valence-corrected chi connectivity index (χ0v) is 19.1. The Balaban J connectivity index is 1.71. The predicted molar refractivity (Wildman–Crippen MR) is 124 cm³/mol. The van der Waals surface area contributed by atoms with Crippen LogP contribution < -0.4 is 4.90 Å². The Morgan fingerprint density at radius 2 is 1.96 bits per heavy atom. The summed E-state index contributed by atoms with van der Waals surface area (Å²) < 4.78 is 0.674. The number of fused-ring (bicyclic) bond motifs is 1. The average molecular weight is 429 g/mol. The molecule has 2 heterocycles. The van der Waals surface area contributed by atoms with E-state index in [-0.39, 0.29) is 11.3 Å². The molecule has 0 bridgehead atoms. The van der Waals surface area contributed by atoms with Gasteiger partial charge in [-0.2, -0.15) is 0 Å². The summed E-state index contributed by atoms with van der Waals surface area (Å²) in [5.74, 6) is 0.0632. The van der Waals surface area contributed by atoms with Crippen molar-refractivity contribution in [1.29, 1.82) is 0 Å². The molecule has 0 aromatic heterocycles. The number of benzene rings is 1. The molecule has 4 rings (SSSR count). The van der Waals surface area contributed by atoms with Crippen LogP contribution in [0.3, 0.4) is 0 Å². The number of anilines is 1. The Morgan fingerprint density at radius 3 is 2.64 bits per heavy atom. The van der Waals surface area contributed by atoms with Crippen molar-refractivity contribution < 1.29 is 4.79 Å². The van der Waals surface area contributed by atoms with Crippen molar-refractivity contribution in [2.75, 3.05) is 18.5 Å². The molecule has 1 aromatic carbocycles. The number of carbonyl (C=O) groups excluding carboxylic acids is 1. The van der Waals surface area contributed by atoms with Gasteiger partial charge in [0.15, 0.2) is 0 Å². The van der Waals surface area contributed by atoms with Crippen molar-refractivity contribution in [1.82, 2.24) is 4.90 Å². The first-order valence-electron chi connectivity index (χ1n) is 9.49. The van der Waals surface area contributed by atoms with Crippen molar-refractivity contribution >= 4 is 51.7 Å². The number of hydrogen-bond donors (Lipinski definition) is 0.